The molecule has 1 amide bonds. The van der Waals surface area contributed by atoms with Crippen molar-refractivity contribution in [1.29, 1.82) is 0 Å². The molecular weight excluding hydrogens is 677 g/mol. The Morgan fingerprint density at radius 2 is 0.870 bits per heavy atom. The summed E-state index contributed by atoms with van der Waals surface area (Å²) >= 11 is 0. The molecule has 0 saturated carbocycles. The highest BCUT2D eigenvalue weighted by molar-refractivity contribution is 5.74. The molecule has 1 atom stereocenters. The summed E-state index contributed by atoms with van der Waals surface area (Å²) in [7, 11) is 1.47. The third-order valence-electron chi connectivity index (χ3n) is 10.6. The van der Waals surface area contributed by atoms with Gasteiger partial charge in [0, 0.05) is 19.3 Å². The van der Waals surface area contributed by atoms with Gasteiger partial charge in [0.2, 0.25) is 5.91 Å². The smallest absolute Gasteiger partial charge is 0.306 e. The Bertz CT molecular complexity index is 825. The molecule has 8 heteroatoms. The normalized spacial score (nSPS) is 11.9. The van der Waals surface area contributed by atoms with Crippen molar-refractivity contribution in [3.63, 3.8) is 0 Å². The molecule has 0 saturated heterocycles. The number of nitrogens with zero attached hydrogens (tertiary/aromatic N) is 1. The van der Waals surface area contributed by atoms with Crippen LogP contribution in [-0.2, 0) is 28.7 Å². The van der Waals surface area contributed by atoms with E-state index in [1.807, 2.05) is 0 Å². The molecule has 0 aliphatic rings. The second-order valence-electron chi connectivity index (χ2n) is 15.9. The molecule has 1 unspecified atom stereocenters. The molecule has 320 valence electrons. The lowest BCUT2D eigenvalue weighted by atomic mass is 10.0. The molecule has 0 spiro atoms. The fraction of sp³-hybridized carbons (Fsp3) is 0.935. The van der Waals surface area contributed by atoms with Gasteiger partial charge in [0.1, 0.15) is 6.10 Å². The third kappa shape index (κ3) is 38.6. The van der Waals surface area contributed by atoms with Gasteiger partial charge in [-0.1, -0.05) is 156 Å². The van der Waals surface area contributed by atoms with Crippen LogP contribution in [0.3, 0.4) is 0 Å². The summed E-state index contributed by atoms with van der Waals surface area (Å²) in [5.41, 5.74) is 2.42. The number of hydrogen-bond acceptors (Lipinski definition) is 7. The fourth-order valence-corrected chi connectivity index (χ4v) is 7.19. The summed E-state index contributed by atoms with van der Waals surface area (Å²) in [4.78, 5) is 44.0. The van der Waals surface area contributed by atoms with Gasteiger partial charge in [-0.15, -0.1) is 0 Å². The number of nitrogens with one attached hydrogen (secondary N) is 1. The highest BCUT2D eigenvalue weighted by Crippen LogP contribution is 2.18. The van der Waals surface area contributed by atoms with Crippen LogP contribution in [0.1, 0.15) is 239 Å². The van der Waals surface area contributed by atoms with Crippen LogP contribution in [0.5, 0.6) is 0 Å². The van der Waals surface area contributed by atoms with Gasteiger partial charge >= 0.3 is 11.9 Å². The summed E-state index contributed by atoms with van der Waals surface area (Å²) in [5.74, 6) is -0.111. The number of ether oxygens (including phenoxy) is 2. The Labute approximate surface area is 334 Å². The largest absolute Gasteiger partial charge is 0.466 e. The molecule has 1 N–H and O–H groups in total. The van der Waals surface area contributed by atoms with Crippen molar-refractivity contribution in [1.82, 2.24) is 10.4 Å². The molecule has 0 aromatic heterocycles. The van der Waals surface area contributed by atoms with Gasteiger partial charge in [0.25, 0.3) is 0 Å². The molecule has 54 heavy (non-hydrogen) atoms. The molecule has 0 aromatic carbocycles. The zero-order valence-corrected chi connectivity index (χ0v) is 36.3. The van der Waals surface area contributed by atoms with E-state index in [-0.39, 0.29) is 23.9 Å². The number of rotatable bonds is 43. The molecule has 0 rings (SSSR count). The lowest BCUT2D eigenvalue weighted by Crippen LogP contribution is -2.29. The lowest BCUT2D eigenvalue weighted by molar-refractivity contribution is -0.150. The van der Waals surface area contributed by atoms with E-state index in [4.69, 9.17) is 14.3 Å². The maximum Gasteiger partial charge on any atom is 0.306 e. The first-order valence-electron chi connectivity index (χ1n) is 23.4. The van der Waals surface area contributed by atoms with E-state index in [9.17, 15) is 14.4 Å². The maximum absolute atomic E-state index is 12.7. The van der Waals surface area contributed by atoms with Gasteiger partial charge in [0.15, 0.2) is 0 Å². The zero-order chi connectivity index (χ0) is 39.6. The number of esters is 2. The molecule has 0 bridgehead atoms. The van der Waals surface area contributed by atoms with E-state index in [0.29, 0.717) is 25.9 Å². The van der Waals surface area contributed by atoms with Crippen molar-refractivity contribution >= 4 is 17.8 Å². The summed E-state index contributed by atoms with van der Waals surface area (Å²) in [5, 5.41) is 0. The van der Waals surface area contributed by atoms with Gasteiger partial charge in [-0.25, -0.2) is 5.48 Å². The van der Waals surface area contributed by atoms with Gasteiger partial charge in [-0.3, -0.25) is 19.2 Å². The Hall–Kier alpha value is -1.67. The second kappa shape index (κ2) is 42.5. The fourth-order valence-electron chi connectivity index (χ4n) is 7.19. The summed E-state index contributed by atoms with van der Waals surface area (Å²) in [6, 6.07) is 0. The number of hydroxylamine groups is 1. The molecular formula is C46H90N2O6. The van der Waals surface area contributed by atoms with Gasteiger partial charge in [-0.2, -0.15) is 0 Å². The van der Waals surface area contributed by atoms with Crippen molar-refractivity contribution in [3.8, 4) is 0 Å². The second-order valence-corrected chi connectivity index (χ2v) is 15.9. The number of carbonyl (C=O) groups is 3. The quantitative estimate of drug-likeness (QED) is 0.0375. The minimum Gasteiger partial charge on any atom is -0.466 e. The molecule has 0 radical (unpaired) electrons. The molecule has 0 fully saturated rings. The average molecular weight is 767 g/mol. The predicted molar refractivity (Wildman–Crippen MR) is 226 cm³/mol. The van der Waals surface area contributed by atoms with Crippen LogP contribution < -0.4 is 5.48 Å². The van der Waals surface area contributed by atoms with Crippen molar-refractivity contribution in [2.45, 2.75) is 245 Å². The van der Waals surface area contributed by atoms with Crippen LogP contribution in [0.15, 0.2) is 0 Å². The van der Waals surface area contributed by atoms with Crippen LogP contribution in [0.2, 0.25) is 0 Å². The predicted octanol–water partition coefficient (Wildman–Crippen LogP) is 12.7. The summed E-state index contributed by atoms with van der Waals surface area (Å²) < 4.78 is 11.5. The monoisotopic (exact) mass is 767 g/mol. The first-order chi connectivity index (χ1) is 26.5. The van der Waals surface area contributed by atoms with E-state index in [1.54, 1.807) is 0 Å². The van der Waals surface area contributed by atoms with Crippen molar-refractivity contribution in [3.05, 3.63) is 0 Å². The molecule has 0 aliphatic heterocycles. The Kier molecular flexibility index (Phi) is 41.2. The average Bonchev–Trinajstić information content (AvgIpc) is 3.16. The third-order valence-corrected chi connectivity index (χ3v) is 10.6. The Morgan fingerprint density at radius 3 is 1.37 bits per heavy atom. The van der Waals surface area contributed by atoms with E-state index in [1.165, 1.54) is 110 Å². The van der Waals surface area contributed by atoms with E-state index < -0.39 is 0 Å². The summed E-state index contributed by atoms with van der Waals surface area (Å²) in [6.45, 7) is 10.3. The van der Waals surface area contributed by atoms with E-state index >= 15 is 0 Å². The Morgan fingerprint density at radius 1 is 0.463 bits per heavy atom. The minimum atomic E-state index is -0.0717. The highest BCUT2D eigenvalue weighted by Gasteiger charge is 2.14. The van der Waals surface area contributed by atoms with Crippen LogP contribution in [0, 0.1) is 0 Å². The lowest BCUT2D eigenvalue weighted by Gasteiger charge is -2.22. The van der Waals surface area contributed by atoms with Crippen molar-refractivity contribution in [2.75, 3.05) is 33.4 Å². The van der Waals surface area contributed by atoms with Gasteiger partial charge in [0.05, 0.1) is 13.7 Å². The van der Waals surface area contributed by atoms with Gasteiger partial charge in [-0.05, 0) is 83.8 Å². The van der Waals surface area contributed by atoms with Gasteiger partial charge < -0.3 is 14.4 Å². The first-order valence-corrected chi connectivity index (χ1v) is 23.4. The SMILES string of the molecule is CCCCCCCCCOC(=O)CCCCCCCN(CCCCCCCC(=O)OC(CCCCCCC)CCCCCCCC)CCCC(=O)NOC. The molecule has 8 nitrogen and oxygen atoms in total. The topological polar surface area (TPSA) is 94.2 Å². The standard InChI is InChI=1S/C46H90N2O6/c1-5-8-11-14-16-25-32-42-53-45(50)37-28-21-17-23-30-39-48(41-33-36-44(49)47-52-4)40-31-24-18-22-29-38-46(51)54-43(34-26-19-13-10-7-3)35-27-20-15-12-9-6-2/h43H,5-42H2,1-4H3,(H,47,49). The van der Waals surface area contributed by atoms with Crippen LogP contribution in [0.4, 0.5) is 0 Å². The summed E-state index contributed by atoms with van der Waals surface area (Å²) in [6.07, 6.45) is 37.8. The first kappa shape index (κ1) is 52.3. The zero-order valence-electron chi connectivity index (χ0n) is 36.3. The van der Waals surface area contributed by atoms with Crippen molar-refractivity contribution < 1.29 is 28.7 Å². The van der Waals surface area contributed by atoms with Crippen LogP contribution in [-0.4, -0.2) is 62.2 Å². The number of carbonyl (C=O) groups excluding carboxylic acids is 3. The number of hydrogen-bond donors (Lipinski definition) is 1. The minimum absolute atomic E-state index is 0.00182. The molecule has 0 aromatic rings. The van der Waals surface area contributed by atoms with Crippen molar-refractivity contribution in [2.24, 2.45) is 0 Å². The highest BCUT2D eigenvalue weighted by atomic mass is 16.6. The maximum atomic E-state index is 12.7. The Balaban J connectivity index is 4.28. The molecule has 0 aliphatic carbocycles. The molecule has 0 heterocycles. The van der Waals surface area contributed by atoms with Crippen LogP contribution >= 0.6 is 0 Å². The number of amides is 1. The van der Waals surface area contributed by atoms with E-state index in [0.717, 1.165) is 116 Å². The number of unbranched alkanes of at least 4 members (excludes halogenated alkanes) is 23. The van der Waals surface area contributed by atoms with E-state index in [2.05, 4.69) is 31.2 Å². The van der Waals surface area contributed by atoms with Crippen LogP contribution in [0.25, 0.3) is 0 Å².